The van der Waals surface area contributed by atoms with E-state index in [0.717, 1.165) is 17.5 Å². The smallest absolute Gasteiger partial charge is 0.407 e. The van der Waals surface area contributed by atoms with Crippen molar-refractivity contribution in [3.05, 3.63) is 52.2 Å². The van der Waals surface area contributed by atoms with Crippen LogP contribution in [0.3, 0.4) is 0 Å². The second-order valence-electron chi connectivity index (χ2n) is 8.41. The van der Waals surface area contributed by atoms with Crippen LogP contribution < -0.4 is 10.9 Å². The standard InChI is InChI=1S/C22H25N5O4/c1-22(2,3)31-21(29)23-11-17-15-8-13(14-10-24-27(4)12-14)9-16(18-6-5-7-30-18)19(15)20(28)26-25-17/h6,8-10,12H,5,7,11H2,1-4H3,(H,23,29)(H,26,28). The van der Waals surface area contributed by atoms with Gasteiger partial charge in [0.25, 0.3) is 5.56 Å². The number of aromatic amines is 1. The Bertz CT molecular complexity index is 1230. The number of H-pyrrole nitrogens is 1. The Balaban J connectivity index is 1.82. The summed E-state index contributed by atoms with van der Waals surface area (Å²) in [6.45, 7) is 6.05. The Morgan fingerprint density at radius 2 is 2.13 bits per heavy atom. The molecule has 0 radical (unpaired) electrons. The normalized spacial score (nSPS) is 13.7. The number of benzene rings is 1. The van der Waals surface area contributed by atoms with Gasteiger partial charge in [-0.15, -0.1) is 0 Å². The molecule has 0 aliphatic carbocycles. The molecule has 3 heterocycles. The van der Waals surface area contributed by atoms with Gasteiger partial charge in [-0.25, -0.2) is 9.89 Å². The number of amides is 1. The van der Waals surface area contributed by atoms with E-state index < -0.39 is 11.7 Å². The van der Waals surface area contributed by atoms with Crippen molar-refractivity contribution in [2.45, 2.75) is 39.3 Å². The first-order valence-corrected chi connectivity index (χ1v) is 10.1. The van der Waals surface area contributed by atoms with E-state index in [9.17, 15) is 9.59 Å². The molecular formula is C22H25N5O4. The van der Waals surface area contributed by atoms with Crippen LogP contribution in [0.2, 0.25) is 0 Å². The van der Waals surface area contributed by atoms with E-state index in [1.54, 1.807) is 31.6 Å². The Kier molecular flexibility index (Phi) is 5.26. The highest BCUT2D eigenvalue weighted by Gasteiger charge is 2.21. The zero-order valence-corrected chi connectivity index (χ0v) is 18.0. The predicted molar refractivity (Wildman–Crippen MR) is 116 cm³/mol. The van der Waals surface area contributed by atoms with Crippen molar-refractivity contribution in [1.82, 2.24) is 25.3 Å². The Hall–Kier alpha value is -3.62. The molecule has 1 amide bonds. The molecule has 162 valence electrons. The summed E-state index contributed by atoms with van der Waals surface area (Å²) < 4.78 is 12.8. The minimum absolute atomic E-state index is 0.0953. The summed E-state index contributed by atoms with van der Waals surface area (Å²) in [6.07, 6.45) is 5.85. The summed E-state index contributed by atoms with van der Waals surface area (Å²) in [5, 5.41) is 14.8. The Morgan fingerprint density at radius 3 is 2.77 bits per heavy atom. The van der Waals surface area contributed by atoms with Gasteiger partial charge in [0.2, 0.25) is 0 Å². The highest BCUT2D eigenvalue weighted by molar-refractivity contribution is 5.97. The molecule has 0 spiro atoms. The van der Waals surface area contributed by atoms with Crippen LogP contribution >= 0.6 is 0 Å². The summed E-state index contributed by atoms with van der Waals surface area (Å²) in [5.41, 5.74) is 2.05. The fourth-order valence-electron chi connectivity index (χ4n) is 3.49. The van der Waals surface area contributed by atoms with Gasteiger partial charge in [-0.2, -0.15) is 10.2 Å². The van der Waals surface area contributed by atoms with E-state index in [-0.39, 0.29) is 12.1 Å². The molecule has 9 nitrogen and oxygen atoms in total. The number of fused-ring (bicyclic) bond motifs is 1. The van der Waals surface area contributed by atoms with E-state index >= 15 is 0 Å². The number of alkyl carbamates (subject to hydrolysis) is 1. The van der Waals surface area contributed by atoms with Crippen LogP contribution in [-0.4, -0.2) is 38.3 Å². The van der Waals surface area contributed by atoms with Crippen LogP contribution in [0.15, 0.2) is 35.4 Å². The molecule has 4 rings (SSSR count). The van der Waals surface area contributed by atoms with Gasteiger partial charge in [-0.1, -0.05) is 0 Å². The third-order valence-electron chi connectivity index (χ3n) is 4.78. The number of nitrogens with zero attached hydrogens (tertiary/aromatic N) is 3. The molecule has 0 bridgehead atoms. The first-order chi connectivity index (χ1) is 14.7. The van der Waals surface area contributed by atoms with Crippen molar-refractivity contribution in [3.63, 3.8) is 0 Å². The van der Waals surface area contributed by atoms with E-state index in [2.05, 4.69) is 20.6 Å². The van der Waals surface area contributed by atoms with Crippen molar-refractivity contribution in [2.24, 2.45) is 7.05 Å². The maximum atomic E-state index is 12.8. The van der Waals surface area contributed by atoms with Crippen molar-refractivity contribution < 1.29 is 14.3 Å². The number of rotatable bonds is 4. The second-order valence-corrected chi connectivity index (χ2v) is 8.41. The summed E-state index contributed by atoms with van der Waals surface area (Å²) >= 11 is 0. The third-order valence-corrected chi connectivity index (χ3v) is 4.78. The monoisotopic (exact) mass is 423 g/mol. The second kappa shape index (κ2) is 7.90. The SMILES string of the molecule is Cn1cc(-c2cc(C3=CCCO3)c3c(=O)[nH]nc(CNC(=O)OC(C)(C)C)c3c2)cn1. The van der Waals surface area contributed by atoms with E-state index in [1.165, 1.54) is 0 Å². The number of aryl methyl sites for hydroxylation is 1. The van der Waals surface area contributed by atoms with Gasteiger partial charge in [0.15, 0.2) is 0 Å². The largest absolute Gasteiger partial charge is 0.493 e. The first kappa shape index (κ1) is 20.6. The molecule has 0 saturated carbocycles. The molecule has 0 unspecified atom stereocenters. The zero-order chi connectivity index (χ0) is 22.2. The van der Waals surface area contributed by atoms with Crippen LogP contribution in [0, 0.1) is 0 Å². The van der Waals surface area contributed by atoms with Crippen molar-refractivity contribution >= 4 is 22.6 Å². The predicted octanol–water partition coefficient (Wildman–Crippen LogP) is 3.11. The summed E-state index contributed by atoms with van der Waals surface area (Å²) in [7, 11) is 1.84. The molecule has 0 saturated heterocycles. The molecule has 9 heteroatoms. The number of carbonyl (C=O) groups is 1. The van der Waals surface area contributed by atoms with Crippen molar-refractivity contribution in [3.8, 4) is 11.1 Å². The van der Waals surface area contributed by atoms with Gasteiger partial charge < -0.3 is 14.8 Å². The van der Waals surface area contributed by atoms with E-state index in [1.807, 2.05) is 31.5 Å². The number of hydrogen-bond donors (Lipinski definition) is 2. The number of hydrogen-bond acceptors (Lipinski definition) is 6. The topological polar surface area (TPSA) is 111 Å². The summed E-state index contributed by atoms with van der Waals surface area (Å²) in [4.78, 5) is 24.9. The van der Waals surface area contributed by atoms with Gasteiger partial charge in [0, 0.05) is 36.2 Å². The van der Waals surface area contributed by atoms with Gasteiger partial charge in [0.05, 0.1) is 30.4 Å². The number of ether oxygens (including phenoxy) is 2. The lowest BCUT2D eigenvalue weighted by Gasteiger charge is -2.19. The van der Waals surface area contributed by atoms with E-state index in [4.69, 9.17) is 9.47 Å². The maximum Gasteiger partial charge on any atom is 0.407 e. The van der Waals surface area contributed by atoms with Crippen LogP contribution in [-0.2, 0) is 23.1 Å². The Morgan fingerprint density at radius 1 is 1.32 bits per heavy atom. The van der Waals surface area contributed by atoms with Crippen LogP contribution in [0.1, 0.15) is 38.4 Å². The summed E-state index contributed by atoms with van der Waals surface area (Å²) in [5.74, 6) is 0.665. The minimum Gasteiger partial charge on any atom is -0.493 e. The third kappa shape index (κ3) is 4.45. The fraction of sp³-hybridized carbons (Fsp3) is 0.364. The molecule has 0 atom stereocenters. The number of nitrogens with one attached hydrogen (secondary N) is 2. The van der Waals surface area contributed by atoms with Crippen LogP contribution in [0.4, 0.5) is 4.79 Å². The molecule has 1 aliphatic rings. The average molecular weight is 423 g/mol. The number of carbonyl (C=O) groups excluding carboxylic acids is 1. The van der Waals surface area contributed by atoms with E-state index in [0.29, 0.717) is 34.4 Å². The molecule has 2 aromatic heterocycles. The number of aromatic nitrogens is 4. The highest BCUT2D eigenvalue weighted by Crippen LogP contribution is 2.33. The lowest BCUT2D eigenvalue weighted by Crippen LogP contribution is -2.32. The van der Waals surface area contributed by atoms with Gasteiger partial charge in [0.1, 0.15) is 11.4 Å². The van der Waals surface area contributed by atoms with Crippen molar-refractivity contribution in [2.75, 3.05) is 6.61 Å². The molecule has 1 aliphatic heterocycles. The van der Waals surface area contributed by atoms with Gasteiger partial charge in [-0.3, -0.25) is 9.48 Å². The average Bonchev–Trinajstić information content (AvgIpc) is 3.37. The molecule has 1 aromatic carbocycles. The highest BCUT2D eigenvalue weighted by atomic mass is 16.6. The molecule has 3 aromatic rings. The fourth-order valence-corrected chi connectivity index (χ4v) is 3.49. The lowest BCUT2D eigenvalue weighted by molar-refractivity contribution is 0.0523. The van der Waals surface area contributed by atoms with Crippen LogP contribution in [0.25, 0.3) is 27.7 Å². The first-order valence-electron chi connectivity index (χ1n) is 10.1. The minimum atomic E-state index is -0.614. The zero-order valence-electron chi connectivity index (χ0n) is 18.0. The molecule has 2 N–H and O–H groups in total. The summed E-state index contributed by atoms with van der Waals surface area (Å²) in [6, 6.07) is 3.82. The molecular weight excluding hydrogens is 398 g/mol. The van der Waals surface area contributed by atoms with Gasteiger partial charge >= 0.3 is 6.09 Å². The maximum absolute atomic E-state index is 12.8. The van der Waals surface area contributed by atoms with Gasteiger partial charge in [-0.05, 0) is 44.5 Å². The quantitative estimate of drug-likeness (QED) is 0.667. The Labute approximate surface area is 179 Å². The molecule has 0 fully saturated rings. The lowest BCUT2D eigenvalue weighted by atomic mass is 9.97. The van der Waals surface area contributed by atoms with Crippen LogP contribution in [0.5, 0.6) is 0 Å². The molecule has 31 heavy (non-hydrogen) atoms. The van der Waals surface area contributed by atoms with Crippen molar-refractivity contribution in [1.29, 1.82) is 0 Å².